The van der Waals surface area contributed by atoms with Crippen molar-refractivity contribution in [3.05, 3.63) is 18.7 Å². The topological polar surface area (TPSA) is 39.1 Å². The van der Waals surface area contributed by atoms with Crippen molar-refractivity contribution in [2.75, 3.05) is 32.2 Å². The molecule has 1 aromatic rings. The molecule has 92 valence electrons. The van der Waals surface area contributed by atoms with Gasteiger partial charge in [-0.15, -0.1) is 11.6 Å². The van der Waals surface area contributed by atoms with Gasteiger partial charge in [0.05, 0.1) is 12.9 Å². The van der Waals surface area contributed by atoms with Crippen LogP contribution in [-0.2, 0) is 11.3 Å². The van der Waals surface area contributed by atoms with E-state index in [1.165, 1.54) is 0 Å². The smallest absolute Gasteiger partial charge is 0.0945 e. The first kappa shape index (κ1) is 13.5. The monoisotopic (exact) mass is 245 g/mol. The van der Waals surface area contributed by atoms with Crippen LogP contribution in [0, 0.1) is 0 Å². The molecule has 0 fully saturated rings. The first-order valence-electron chi connectivity index (χ1n) is 5.73. The largest absolute Gasteiger partial charge is 0.380 e. The fourth-order valence-electron chi connectivity index (χ4n) is 1.39. The Morgan fingerprint density at radius 1 is 1.25 bits per heavy atom. The normalized spacial score (nSPS) is 10.8. The lowest BCUT2D eigenvalue weighted by molar-refractivity contribution is 0.146. The van der Waals surface area contributed by atoms with Gasteiger partial charge in [0.25, 0.3) is 0 Å². The van der Waals surface area contributed by atoms with Crippen molar-refractivity contribution in [1.82, 2.24) is 14.9 Å². The van der Waals surface area contributed by atoms with E-state index in [4.69, 9.17) is 16.3 Å². The molecule has 0 aliphatic carbocycles. The highest BCUT2D eigenvalue weighted by molar-refractivity contribution is 6.17. The summed E-state index contributed by atoms with van der Waals surface area (Å²) in [7, 11) is 0. The van der Waals surface area contributed by atoms with E-state index in [0.717, 1.165) is 39.1 Å². The molecule has 0 aliphatic rings. The Labute approximate surface area is 102 Å². The van der Waals surface area contributed by atoms with Crippen LogP contribution in [0.4, 0.5) is 0 Å². The molecule has 0 unspecified atom stereocenters. The first-order valence-corrected chi connectivity index (χ1v) is 6.27. The minimum atomic E-state index is 0.582. The SMILES string of the molecule is ClCCOCCCNCCCn1ccnc1. The van der Waals surface area contributed by atoms with Crippen LogP contribution in [0.1, 0.15) is 12.8 Å². The van der Waals surface area contributed by atoms with Crippen molar-refractivity contribution in [3.63, 3.8) is 0 Å². The Bertz CT molecular complexity index is 241. The molecule has 0 amide bonds. The maximum absolute atomic E-state index is 5.48. The first-order chi connectivity index (χ1) is 7.93. The van der Waals surface area contributed by atoms with Crippen LogP contribution in [0.5, 0.6) is 0 Å². The molecule has 1 rings (SSSR count). The van der Waals surface area contributed by atoms with E-state index in [1.807, 2.05) is 18.7 Å². The number of rotatable bonds is 10. The quantitative estimate of drug-likeness (QED) is 0.502. The highest BCUT2D eigenvalue weighted by Gasteiger charge is 1.91. The van der Waals surface area contributed by atoms with E-state index < -0.39 is 0 Å². The molecule has 1 heterocycles. The van der Waals surface area contributed by atoms with Crippen LogP contribution < -0.4 is 5.32 Å². The number of hydrogen-bond acceptors (Lipinski definition) is 3. The highest BCUT2D eigenvalue weighted by atomic mass is 35.5. The van der Waals surface area contributed by atoms with Gasteiger partial charge in [0.2, 0.25) is 0 Å². The van der Waals surface area contributed by atoms with Gasteiger partial charge in [-0.2, -0.15) is 0 Å². The van der Waals surface area contributed by atoms with E-state index in [2.05, 4.69) is 14.9 Å². The lowest BCUT2D eigenvalue weighted by atomic mass is 10.4. The molecule has 0 atom stereocenters. The Morgan fingerprint density at radius 3 is 2.88 bits per heavy atom. The van der Waals surface area contributed by atoms with Gasteiger partial charge in [0.1, 0.15) is 0 Å². The van der Waals surface area contributed by atoms with Gasteiger partial charge in [0, 0.05) is 31.4 Å². The number of halogens is 1. The Kier molecular flexibility index (Phi) is 8.12. The molecule has 0 aliphatic heterocycles. The van der Waals surface area contributed by atoms with Gasteiger partial charge >= 0.3 is 0 Å². The lowest BCUT2D eigenvalue weighted by Crippen LogP contribution is -2.19. The van der Waals surface area contributed by atoms with Gasteiger partial charge < -0.3 is 14.6 Å². The molecule has 0 bridgehead atoms. The molecule has 0 radical (unpaired) electrons. The van der Waals surface area contributed by atoms with E-state index in [9.17, 15) is 0 Å². The van der Waals surface area contributed by atoms with Crippen LogP contribution >= 0.6 is 11.6 Å². The third-order valence-corrected chi connectivity index (χ3v) is 2.35. The summed E-state index contributed by atoms with van der Waals surface area (Å²) in [5.41, 5.74) is 0. The summed E-state index contributed by atoms with van der Waals surface area (Å²) >= 11 is 5.48. The van der Waals surface area contributed by atoms with Crippen molar-refractivity contribution < 1.29 is 4.74 Å². The summed E-state index contributed by atoms with van der Waals surface area (Å²) in [6, 6.07) is 0. The van der Waals surface area contributed by atoms with Crippen LogP contribution in [0.15, 0.2) is 18.7 Å². The average molecular weight is 246 g/mol. The van der Waals surface area contributed by atoms with Gasteiger partial charge in [-0.05, 0) is 25.9 Å². The van der Waals surface area contributed by atoms with Gasteiger partial charge in [-0.25, -0.2) is 4.98 Å². The van der Waals surface area contributed by atoms with E-state index in [1.54, 1.807) is 0 Å². The van der Waals surface area contributed by atoms with E-state index >= 15 is 0 Å². The Hall–Kier alpha value is -0.580. The summed E-state index contributed by atoms with van der Waals surface area (Å²) in [6.07, 6.45) is 7.81. The predicted octanol–water partition coefficient (Wildman–Crippen LogP) is 1.51. The number of ether oxygens (including phenoxy) is 1. The summed E-state index contributed by atoms with van der Waals surface area (Å²) < 4.78 is 7.35. The van der Waals surface area contributed by atoms with Crippen molar-refractivity contribution >= 4 is 11.6 Å². The fraction of sp³-hybridized carbons (Fsp3) is 0.727. The Morgan fingerprint density at radius 2 is 2.12 bits per heavy atom. The van der Waals surface area contributed by atoms with Crippen molar-refractivity contribution in [2.45, 2.75) is 19.4 Å². The van der Waals surface area contributed by atoms with Gasteiger partial charge in [-0.1, -0.05) is 0 Å². The summed E-state index contributed by atoms with van der Waals surface area (Å²) in [5, 5.41) is 3.38. The lowest BCUT2D eigenvalue weighted by Gasteiger charge is -2.05. The molecule has 0 saturated carbocycles. The minimum absolute atomic E-state index is 0.582. The number of hydrogen-bond donors (Lipinski definition) is 1. The Balaban J connectivity index is 1.78. The molecule has 0 spiro atoms. The van der Waals surface area contributed by atoms with Crippen LogP contribution in [0.25, 0.3) is 0 Å². The van der Waals surface area contributed by atoms with Crippen LogP contribution in [0.2, 0.25) is 0 Å². The molecule has 0 saturated heterocycles. The van der Waals surface area contributed by atoms with Crippen molar-refractivity contribution in [3.8, 4) is 0 Å². The number of nitrogens with zero attached hydrogens (tertiary/aromatic N) is 2. The molecule has 1 N–H and O–H groups in total. The molecule has 5 heteroatoms. The second-order valence-corrected chi connectivity index (χ2v) is 3.94. The maximum Gasteiger partial charge on any atom is 0.0945 e. The number of aryl methyl sites for hydroxylation is 1. The number of aromatic nitrogens is 2. The maximum atomic E-state index is 5.48. The zero-order valence-electron chi connectivity index (χ0n) is 9.57. The number of nitrogens with one attached hydrogen (secondary N) is 1. The van der Waals surface area contributed by atoms with E-state index in [-0.39, 0.29) is 0 Å². The van der Waals surface area contributed by atoms with Crippen molar-refractivity contribution in [2.24, 2.45) is 0 Å². The minimum Gasteiger partial charge on any atom is -0.380 e. The summed E-state index contributed by atoms with van der Waals surface area (Å²) in [6.45, 7) is 4.51. The van der Waals surface area contributed by atoms with Gasteiger partial charge in [-0.3, -0.25) is 0 Å². The zero-order chi connectivity index (χ0) is 11.5. The second kappa shape index (κ2) is 9.63. The van der Waals surface area contributed by atoms with Crippen LogP contribution in [0.3, 0.4) is 0 Å². The standard InChI is InChI=1S/C11H20ClN3O/c12-3-10-16-9-2-5-13-4-1-7-15-8-6-14-11-15/h6,8,11,13H,1-5,7,9-10H2. The summed E-state index contributed by atoms with van der Waals surface area (Å²) in [5.74, 6) is 0.582. The van der Waals surface area contributed by atoms with Gasteiger partial charge in [0.15, 0.2) is 0 Å². The van der Waals surface area contributed by atoms with Crippen molar-refractivity contribution in [1.29, 1.82) is 0 Å². The fourth-order valence-corrected chi connectivity index (χ4v) is 1.50. The third-order valence-electron chi connectivity index (χ3n) is 2.19. The number of alkyl halides is 1. The second-order valence-electron chi connectivity index (χ2n) is 3.56. The zero-order valence-corrected chi connectivity index (χ0v) is 10.3. The molecule has 1 aromatic heterocycles. The number of imidazole rings is 1. The van der Waals surface area contributed by atoms with Crippen LogP contribution in [-0.4, -0.2) is 41.7 Å². The molecule has 0 aromatic carbocycles. The molecular formula is C11H20ClN3O. The summed E-state index contributed by atoms with van der Waals surface area (Å²) in [4.78, 5) is 3.99. The molecule has 16 heavy (non-hydrogen) atoms. The average Bonchev–Trinajstić information content (AvgIpc) is 2.80. The molecule has 4 nitrogen and oxygen atoms in total. The van der Waals surface area contributed by atoms with E-state index in [0.29, 0.717) is 12.5 Å². The predicted molar refractivity (Wildman–Crippen MR) is 65.9 cm³/mol. The molecular weight excluding hydrogens is 226 g/mol. The third kappa shape index (κ3) is 6.82. The highest BCUT2D eigenvalue weighted by Crippen LogP contribution is 1.89.